The van der Waals surface area contributed by atoms with Crippen LogP contribution < -0.4 is 4.90 Å². The van der Waals surface area contributed by atoms with Crippen LogP contribution in [-0.4, -0.2) is 68.9 Å². The Morgan fingerprint density at radius 1 is 0.974 bits per heavy atom. The van der Waals surface area contributed by atoms with Gasteiger partial charge in [0.05, 0.1) is 12.2 Å². The van der Waals surface area contributed by atoms with Gasteiger partial charge in [-0.05, 0) is 56.0 Å². The van der Waals surface area contributed by atoms with Gasteiger partial charge < -0.3 is 19.8 Å². The number of hydrogen-bond donors (Lipinski definition) is 1. The molecule has 0 aliphatic carbocycles. The van der Waals surface area contributed by atoms with Crippen LogP contribution in [0, 0.1) is 0 Å². The van der Waals surface area contributed by atoms with Gasteiger partial charge in [-0.3, -0.25) is 9.48 Å². The molecular weight excluding hydrogens is 558 g/mol. The third-order valence-electron chi connectivity index (χ3n) is 8.42. The van der Waals surface area contributed by atoms with Crippen molar-refractivity contribution in [3.8, 4) is 11.3 Å². The van der Waals surface area contributed by atoms with Gasteiger partial charge in [-0.1, -0.05) is 46.3 Å². The van der Waals surface area contributed by atoms with Gasteiger partial charge in [0.25, 0.3) is 0 Å². The van der Waals surface area contributed by atoms with Crippen LogP contribution in [0.5, 0.6) is 0 Å². The minimum absolute atomic E-state index is 0.263. The Hall–Kier alpha value is -3.17. The first-order chi connectivity index (χ1) is 19.0. The molecule has 2 aromatic carbocycles. The number of benzene rings is 2. The Kier molecular flexibility index (Phi) is 7.44. The van der Waals surface area contributed by atoms with E-state index in [1.165, 1.54) is 10.5 Å². The Labute approximate surface area is 237 Å². The molecule has 1 aromatic heterocycles. The highest BCUT2D eigenvalue weighted by Crippen LogP contribution is 2.33. The highest BCUT2D eigenvalue weighted by atomic mass is 79.9. The number of carboxylic acid groups (broad SMARTS) is 1. The quantitative estimate of drug-likeness (QED) is 0.427. The van der Waals surface area contributed by atoms with Crippen molar-refractivity contribution < 1.29 is 14.7 Å². The lowest BCUT2D eigenvalue weighted by Crippen LogP contribution is -2.49. The van der Waals surface area contributed by atoms with E-state index < -0.39 is 6.09 Å². The zero-order valence-corrected chi connectivity index (χ0v) is 23.6. The number of aryl methyl sites for hydroxylation is 2. The topological polar surface area (TPSA) is 81.9 Å². The fraction of sp³-hybridized carbons (Fsp3) is 0.433. The Balaban J connectivity index is 1.09. The largest absolute Gasteiger partial charge is 0.465 e. The Morgan fingerprint density at radius 2 is 1.74 bits per heavy atom. The van der Waals surface area contributed by atoms with Gasteiger partial charge in [0.15, 0.2) is 0 Å². The molecule has 0 unspecified atom stereocenters. The van der Waals surface area contributed by atoms with Crippen molar-refractivity contribution in [3.63, 3.8) is 0 Å². The van der Waals surface area contributed by atoms with Crippen LogP contribution in [0.1, 0.15) is 42.5 Å². The van der Waals surface area contributed by atoms with Crippen molar-refractivity contribution in [2.75, 3.05) is 31.1 Å². The van der Waals surface area contributed by atoms with Crippen molar-refractivity contribution in [2.24, 2.45) is 0 Å². The molecule has 1 saturated heterocycles. The summed E-state index contributed by atoms with van der Waals surface area (Å²) in [6.45, 7) is 4.66. The van der Waals surface area contributed by atoms with Gasteiger partial charge in [0, 0.05) is 72.0 Å². The molecule has 1 fully saturated rings. The number of carbonyl (C=O) groups is 2. The van der Waals surface area contributed by atoms with E-state index in [4.69, 9.17) is 5.10 Å². The number of halogens is 1. The van der Waals surface area contributed by atoms with Gasteiger partial charge in [-0.2, -0.15) is 5.10 Å². The number of likely N-dealkylation sites (tertiary alicyclic amines) is 1. The van der Waals surface area contributed by atoms with Crippen LogP contribution >= 0.6 is 15.9 Å². The zero-order chi connectivity index (χ0) is 26.9. The van der Waals surface area contributed by atoms with E-state index in [9.17, 15) is 14.7 Å². The van der Waals surface area contributed by atoms with E-state index in [0.29, 0.717) is 25.9 Å². The Morgan fingerprint density at radius 3 is 2.51 bits per heavy atom. The van der Waals surface area contributed by atoms with E-state index in [1.54, 1.807) is 0 Å². The second-order valence-corrected chi connectivity index (χ2v) is 11.7. The maximum Gasteiger partial charge on any atom is 0.407 e. The summed E-state index contributed by atoms with van der Waals surface area (Å²) in [6.07, 6.45) is 4.23. The molecule has 2 amide bonds. The van der Waals surface area contributed by atoms with E-state index in [0.717, 1.165) is 84.5 Å². The van der Waals surface area contributed by atoms with Crippen LogP contribution in [0.3, 0.4) is 0 Å². The predicted molar refractivity (Wildman–Crippen MR) is 154 cm³/mol. The number of fused-ring (bicyclic) bond motifs is 2. The monoisotopic (exact) mass is 591 g/mol. The molecule has 0 atom stereocenters. The van der Waals surface area contributed by atoms with Crippen LogP contribution in [0.4, 0.5) is 10.5 Å². The summed E-state index contributed by atoms with van der Waals surface area (Å²) >= 11 is 3.50. The number of nitrogens with zero attached hydrogens (tertiary/aromatic N) is 5. The third kappa shape index (κ3) is 5.34. The second-order valence-electron chi connectivity index (χ2n) is 10.8. The average Bonchev–Trinajstić information content (AvgIpc) is 3.32. The number of amides is 2. The van der Waals surface area contributed by atoms with Gasteiger partial charge in [-0.25, -0.2) is 4.79 Å². The van der Waals surface area contributed by atoms with Crippen molar-refractivity contribution >= 4 is 33.6 Å². The maximum absolute atomic E-state index is 12.8. The van der Waals surface area contributed by atoms with Gasteiger partial charge >= 0.3 is 6.09 Å². The first-order valence-corrected chi connectivity index (χ1v) is 14.7. The number of para-hydroxylation sites is 1. The predicted octanol–water partition coefficient (Wildman–Crippen LogP) is 5.18. The summed E-state index contributed by atoms with van der Waals surface area (Å²) in [5.41, 5.74) is 6.48. The number of carbonyl (C=O) groups excluding carboxylic acids is 1. The van der Waals surface area contributed by atoms with Crippen molar-refractivity contribution in [1.29, 1.82) is 0 Å². The number of piperidine rings is 1. The van der Waals surface area contributed by atoms with Gasteiger partial charge in [0.2, 0.25) is 5.91 Å². The van der Waals surface area contributed by atoms with E-state index in [1.807, 2.05) is 30.3 Å². The standard InChI is InChI=1S/C30H34BrN5O3/c31-23-9-6-22(7-10-23)29-25-20-34(30(38)39)19-14-27(25)35(32-29)16-3-15-33-17-12-24(13-18-33)36-26-5-2-1-4-21(26)8-11-28(36)37/h1-2,4-7,9-10,24H,3,8,11-20H2,(H,38,39). The molecule has 0 bridgehead atoms. The molecule has 6 rings (SSSR count). The molecule has 3 aliphatic heterocycles. The van der Waals surface area contributed by atoms with E-state index in [-0.39, 0.29) is 11.9 Å². The number of hydrogen-bond acceptors (Lipinski definition) is 4. The van der Waals surface area contributed by atoms with Gasteiger partial charge in [0.1, 0.15) is 0 Å². The first kappa shape index (κ1) is 26.1. The van der Waals surface area contributed by atoms with Crippen LogP contribution in [0.25, 0.3) is 11.3 Å². The summed E-state index contributed by atoms with van der Waals surface area (Å²) in [4.78, 5) is 30.6. The molecule has 4 heterocycles. The van der Waals surface area contributed by atoms with Crippen molar-refractivity contribution in [3.05, 3.63) is 69.8 Å². The minimum Gasteiger partial charge on any atom is -0.465 e. The highest BCUT2D eigenvalue weighted by Gasteiger charge is 2.33. The molecule has 1 N–H and O–H groups in total. The molecule has 8 nitrogen and oxygen atoms in total. The molecular formula is C30H34BrN5O3. The molecule has 3 aromatic rings. The van der Waals surface area contributed by atoms with Crippen molar-refractivity contribution in [2.45, 2.75) is 57.7 Å². The summed E-state index contributed by atoms with van der Waals surface area (Å²) < 4.78 is 3.12. The van der Waals surface area contributed by atoms with Crippen LogP contribution in [-0.2, 0) is 30.7 Å². The number of aromatic nitrogens is 2. The molecule has 9 heteroatoms. The van der Waals surface area contributed by atoms with Gasteiger partial charge in [-0.15, -0.1) is 0 Å². The lowest BCUT2D eigenvalue weighted by Gasteiger charge is -2.41. The summed E-state index contributed by atoms with van der Waals surface area (Å²) in [7, 11) is 0. The molecule has 39 heavy (non-hydrogen) atoms. The SMILES string of the molecule is O=C(O)N1CCc2c(c(-c3ccc(Br)cc3)nn2CCCN2CCC(N3C(=O)CCc4ccccc43)CC2)C1. The summed E-state index contributed by atoms with van der Waals surface area (Å²) in [6, 6.07) is 16.7. The normalized spacial score (nSPS) is 18.2. The fourth-order valence-electron chi connectivity index (χ4n) is 6.38. The highest BCUT2D eigenvalue weighted by molar-refractivity contribution is 9.10. The summed E-state index contributed by atoms with van der Waals surface area (Å²) in [5.74, 6) is 0.263. The lowest BCUT2D eigenvalue weighted by molar-refractivity contribution is -0.119. The molecule has 204 valence electrons. The minimum atomic E-state index is -0.881. The van der Waals surface area contributed by atoms with E-state index >= 15 is 0 Å². The smallest absolute Gasteiger partial charge is 0.407 e. The first-order valence-electron chi connectivity index (χ1n) is 13.9. The van der Waals surface area contributed by atoms with E-state index in [2.05, 4.69) is 48.6 Å². The maximum atomic E-state index is 12.8. The third-order valence-corrected chi connectivity index (χ3v) is 8.95. The molecule has 0 radical (unpaired) electrons. The van der Waals surface area contributed by atoms with Crippen LogP contribution in [0.15, 0.2) is 53.0 Å². The number of anilines is 1. The average molecular weight is 593 g/mol. The molecule has 3 aliphatic rings. The zero-order valence-electron chi connectivity index (χ0n) is 22.1. The Bertz CT molecular complexity index is 1360. The summed E-state index contributed by atoms with van der Waals surface area (Å²) in [5, 5.41) is 14.6. The number of rotatable bonds is 6. The fourth-order valence-corrected chi connectivity index (χ4v) is 6.64. The lowest BCUT2D eigenvalue weighted by atomic mass is 9.95. The van der Waals surface area contributed by atoms with Crippen molar-refractivity contribution in [1.82, 2.24) is 19.6 Å². The molecule has 0 saturated carbocycles. The second kappa shape index (κ2) is 11.1. The molecule has 0 spiro atoms. The van der Waals surface area contributed by atoms with Crippen LogP contribution in [0.2, 0.25) is 0 Å².